The molecular formula is C37H41NO7. The summed E-state index contributed by atoms with van der Waals surface area (Å²) in [6, 6.07) is 17.3. The van der Waals surface area contributed by atoms with Crippen molar-refractivity contribution in [1.29, 1.82) is 0 Å². The Morgan fingerprint density at radius 3 is 2.42 bits per heavy atom. The maximum absolute atomic E-state index is 13.6. The Labute approximate surface area is 264 Å². The van der Waals surface area contributed by atoms with Crippen LogP contribution in [0.3, 0.4) is 0 Å². The number of hydrogen-bond donors (Lipinski definition) is 1. The molecule has 0 aliphatic heterocycles. The van der Waals surface area contributed by atoms with Crippen LogP contribution in [0.4, 0.5) is 0 Å². The molecule has 1 N–H and O–H groups in total. The van der Waals surface area contributed by atoms with Crippen LogP contribution in [0.15, 0.2) is 66.7 Å². The largest absolute Gasteiger partial charge is 0.496 e. The van der Waals surface area contributed by atoms with Crippen molar-refractivity contribution in [3.05, 3.63) is 83.4 Å². The Hall–Kier alpha value is -4.33. The Kier molecular flexibility index (Phi) is 8.58. The van der Waals surface area contributed by atoms with Crippen LogP contribution in [-0.4, -0.2) is 44.2 Å². The molecule has 2 saturated carbocycles. The number of nitrogens with one attached hydrogen (secondary N) is 1. The van der Waals surface area contributed by atoms with Gasteiger partial charge >= 0.3 is 11.9 Å². The molecule has 1 amide bonds. The highest BCUT2D eigenvalue weighted by Crippen LogP contribution is 2.45. The maximum atomic E-state index is 13.6. The van der Waals surface area contributed by atoms with E-state index in [0.29, 0.717) is 42.7 Å². The molecule has 6 rings (SSSR count). The summed E-state index contributed by atoms with van der Waals surface area (Å²) in [4.78, 5) is 39.4. The molecule has 3 aromatic rings. The van der Waals surface area contributed by atoms with Gasteiger partial charge in [0.2, 0.25) is 0 Å². The summed E-state index contributed by atoms with van der Waals surface area (Å²) in [5.41, 5.74) is 1.61. The minimum absolute atomic E-state index is 0.0686. The summed E-state index contributed by atoms with van der Waals surface area (Å²) in [6.07, 6.45) is 7.49. The average molecular weight is 612 g/mol. The van der Waals surface area contributed by atoms with Gasteiger partial charge in [0.05, 0.1) is 37.2 Å². The van der Waals surface area contributed by atoms with E-state index in [-0.39, 0.29) is 48.4 Å². The van der Waals surface area contributed by atoms with Crippen molar-refractivity contribution in [2.45, 2.75) is 64.7 Å². The summed E-state index contributed by atoms with van der Waals surface area (Å²) in [5.74, 6) is -0.0168. The summed E-state index contributed by atoms with van der Waals surface area (Å²) in [5, 5.41) is 5.31. The van der Waals surface area contributed by atoms with Gasteiger partial charge in [0.15, 0.2) is 0 Å². The normalized spacial score (nSPS) is 26.8. The second-order valence-electron chi connectivity index (χ2n) is 12.9. The Bertz CT molecular complexity index is 1630. The third kappa shape index (κ3) is 6.02. The van der Waals surface area contributed by atoms with Gasteiger partial charge in [-0.1, -0.05) is 54.6 Å². The number of carbonyl (C=O) groups excluding carboxylic acids is 3. The molecule has 2 fully saturated rings. The van der Waals surface area contributed by atoms with Gasteiger partial charge in [0.1, 0.15) is 18.1 Å². The smallest absolute Gasteiger partial charge is 0.312 e. The highest BCUT2D eigenvalue weighted by atomic mass is 16.5. The standard InChI is InChI=1S/C37H41NO7/c1-22-18-31(42-3)29(34(39)38-33-25-13-12-24(19-25)32(33)35(40)43-4)20-30(22)45-27-14-16-37(2,17-15-27)36(41)44-21-26-10-7-9-23-8-5-6-11-28(23)26/h5-13,18,20,24-25,27,32-33H,14-17,19,21H2,1-4H3,(H,38,39)/t24-,25+,27-,32+,33-,37+/m1/s1. The fraction of sp³-hybridized carbons (Fsp3) is 0.432. The second kappa shape index (κ2) is 12.6. The molecule has 4 atom stereocenters. The number of hydrogen-bond acceptors (Lipinski definition) is 7. The van der Waals surface area contributed by atoms with E-state index < -0.39 is 11.3 Å². The number of esters is 2. The van der Waals surface area contributed by atoms with Crippen LogP contribution in [0.1, 0.15) is 60.5 Å². The van der Waals surface area contributed by atoms with Crippen LogP contribution in [0, 0.1) is 30.1 Å². The van der Waals surface area contributed by atoms with Gasteiger partial charge in [0.25, 0.3) is 5.91 Å². The highest BCUT2D eigenvalue weighted by Gasteiger charge is 2.49. The van der Waals surface area contributed by atoms with Gasteiger partial charge in [-0.3, -0.25) is 14.4 Å². The van der Waals surface area contributed by atoms with Crippen LogP contribution in [0.2, 0.25) is 0 Å². The number of amides is 1. The van der Waals surface area contributed by atoms with Gasteiger partial charge in [0, 0.05) is 6.04 Å². The second-order valence-corrected chi connectivity index (χ2v) is 12.9. The van der Waals surface area contributed by atoms with E-state index in [4.69, 9.17) is 18.9 Å². The van der Waals surface area contributed by atoms with Crippen LogP contribution < -0.4 is 14.8 Å². The fourth-order valence-electron chi connectivity index (χ4n) is 7.31. The summed E-state index contributed by atoms with van der Waals surface area (Å²) in [6.45, 7) is 4.14. The highest BCUT2D eigenvalue weighted by molar-refractivity contribution is 5.98. The monoisotopic (exact) mass is 611 g/mol. The van der Waals surface area contributed by atoms with Gasteiger partial charge < -0.3 is 24.3 Å². The number of carbonyl (C=O) groups is 3. The van der Waals surface area contributed by atoms with E-state index in [1.165, 1.54) is 14.2 Å². The van der Waals surface area contributed by atoms with E-state index in [0.717, 1.165) is 28.3 Å². The Balaban J connectivity index is 1.09. The molecule has 0 spiro atoms. The van der Waals surface area contributed by atoms with Crippen molar-refractivity contribution < 1.29 is 33.3 Å². The number of ether oxygens (including phenoxy) is 4. The van der Waals surface area contributed by atoms with Crippen LogP contribution >= 0.6 is 0 Å². The van der Waals surface area contributed by atoms with E-state index in [2.05, 4.69) is 23.5 Å². The molecule has 8 nitrogen and oxygen atoms in total. The molecule has 3 aliphatic rings. The van der Waals surface area contributed by atoms with Crippen molar-refractivity contribution in [2.24, 2.45) is 23.2 Å². The third-order valence-electron chi connectivity index (χ3n) is 10.0. The SMILES string of the molecule is COC(=O)[C@@H]1[C@H](NC(=O)c2cc(O[C@H]3CC[C@@](C)(C(=O)OCc4cccc5ccccc45)CC3)c(C)cc2OC)[C@H]2C=C[C@@H]1C2. The lowest BCUT2D eigenvalue weighted by Crippen LogP contribution is -2.46. The maximum Gasteiger partial charge on any atom is 0.312 e. The van der Waals surface area contributed by atoms with Crippen molar-refractivity contribution >= 4 is 28.6 Å². The van der Waals surface area contributed by atoms with Crippen molar-refractivity contribution in [3.8, 4) is 11.5 Å². The first kappa shape index (κ1) is 30.7. The molecule has 0 heterocycles. The average Bonchev–Trinajstić information content (AvgIpc) is 3.67. The van der Waals surface area contributed by atoms with E-state index >= 15 is 0 Å². The first-order chi connectivity index (χ1) is 21.7. The predicted octanol–water partition coefficient (Wildman–Crippen LogP) is 6.32. The van der Waals surface area contributed by atoms with Gasteiger partial charge in [-0.25, -0.2) is 0 Å². The van der Waals surface area contributed by atoms with E-state index in [9.17, 15) is 14.4 Å². The van der Waals surface area contributed by atoms with Crippen molar-refractivity contribution in [3.63, 3.8) is 0 Å². The number of aryl methyl sites for hydroxylation is 1. The molecular weight excluding hydrogens is 570 g/mol. The number of allylic oxidation sites excluding steroid dienone is 1. The summed E-state index contributed by atoms with van der Waals surface area (Å²) >= 11 is 0. The molecule has 3 aromatic carbocycles. The minimum atomic E-state index is -0.588. The van der Waals surface area contributed by atoms with Crippen molar-refractivity contribution in [2.75, 3.05) is 14.2 Å². The quantitative estimate of drug-likeness (QED) is 0.223. The molecule has 0 saturated heterocycles. The predicted molar refractivity (Wildman–Crippen MR) is 170 cm³/mol. The van der Waals surface area contributed by atoms with Crippen LogP contribution in [-0.2, 0) is 25.7 Å². The lowest BCUT2D eigenvalue weighted by Gasteiger charge is -2.35. The van der Waals surface area contributed by atoms with E-state index in [1.807, 2.05) is 50.3 Å². The van der Waals surface area contributed by atoms with Crippen molar-refractivity contribution in [1.82, 2.24) is 5.32 Å². The Morgan fingerprint density at radius 2 is 1.67 bits per heavy atom. The number of rotatable bonds is 9. The fourth-order valence-corrected chi connectivity index (χ4v) is 7.31. The lowest BCUT2D eigenvalue weighted by molar-refractivity contribution is -0.159. The zero-order valence-corrected chi connectivity index (χ0v) is 26.3. The zero-order chi connectivity index (χ0) is 31.7. The molecule has 2 bridgehead atoms. The minimum Gasteiger partial charge on any atom is -0.496 e. The van der Waals surface area contributed by atoms with Crippen LogP contribution in [0.25, 0.3) is 10.8 Å². The third-order valence-corrected chi connectivity index (χ3v) is 10.0. The number of methoxy groups -OCH3 is 2. The van der Waals surface area contributed by atoms with Crippen LogP contribution in [0.5, 0.6) is 11.5 Å². The van der Waals surface area contributed by atoms with Gasteiger partial charge in [-0.2, -0.15) is 0 Å². The van der Waals surface area contributed by atoms with Gasteiger partial charge in [-0.15, -0.1) is 0 Å². The zero-order valence-electron chi connectivity index (χ0n) is 26.3. The first-order valence-corrected chi connectivity index (χ1v) is 15.8. The van der Waals surface area contributed by atoms with E-state index in [1.54, 1.807) is 12.1 Å². The number of fused-ring (bicyclic) bond motifs is 3. The molecule has 236 valence electrons. The summed E-state index contributed by atoms with van der Waals surface area (Å²) < 4.78 is 22.9. The first-order valence-electron chi connectivity index (χ1n) is 15.8. The molecule has 0 unspecified atom stereocenters. The van der Waals surface area contributed by atoms with Gasteiger partial charge in [-0.05, 0) is 91.8 Å². The molecule has 0 radical (unpaired) electrons. The molecule has 8 heteroatoms. The topological polar surface area (TPSA) is 100 Å². The molecule has 45 heavy (non-hydrogen) atoms. The Morgan fingerprint density at radius 1 is 0.933 bits per heavy atom. The molecule has 0 aromatic heterocycles. The lowest BCUT2D eigenvalue weighted by atomic mass is 9.74. The molecule has 3 aliphatic carbocycles. The number of benzene rings is 3. The summed E-state index contributed by atoms with van der Waals surface area (Å²) in [7, 11) is 2.91.